The lowest BCUT2D eigenvalue weighted by Gasteiger charge is -2.37. The highest BCUT2D eigenvalue weighted by Crippen LogP contribution is 2.38. The van der Waals surface area contributed by atoms with E-state index in [0.717, 1.165) is 5.56 Å². The molecule has 0 aromatic heterocycles. The minimum absolute atomic E-state index is 0.152. The average molecular weight is 192 g/mol. The summed E-state index contributed by atoms with van der Waals surface area (Å²) in [5, 5.41) is 10.4. The average Bonchev–Trinajstić information content (AvgIpc) is 2.02. The number of aryl methyl sites for hydroxylation is 1. The van der Waals surface area contributed by atoms with Gasteiger partial charge >= 0.3 is 0 Å². The first-order valence-corrected chi connectivity index (χ1v) is 5.04. The molecule has 1 unspecified atom stereocenters. The second-order valence-electron chi connectivity index (χ2n) is 5.19. The molecular weight excluding hydrogens is 172 g/mol. The summed E-state index contributed by atoms with van der Waals surface area (Å²) in [7, 11) is 0. The highest BCUT2D eigenvalue weighted by molar-refractivity contribution is 5.28. The van der Waals surface area contributed by atoms with Crippen LogP contribution in [0.4, 0.5) is 0 Å². The molecule has 1 aromatic rings. The Bertz CT molecular complexity index is 318. The molecule has 0 heterocycles. The third kappa shape index (κ3) is 1.98. The van der Waals surface area contributed by atoms with Gasteiger partial charge in [-0.1, -0.05) is 50.6 Å². The van der Waals surface area contributed by atoms with Gasteiger partial charge in [0, 0.05) is 0 Å². The molecule has 1 nitrogen and oxygen atoms in total. The second kappa shape index (κ2) is 3.39. The van der Waals surface area contributed by atoms with E-state index in [9.17, 15) is 5.11 Å². The van der Waals surface area contributed by atoms with Crippen LogP contribution >= 0.6 is 0 Å². The van der Waals surface area contributed by atoms with Crippen molar-refractivity contribution in [2.75, 3.05) is 0 Å². The maximum absolute atomic E-state index is 10.4. The molecule has 1 aromatic carbocycles. The summed E-state index contributed by atoms with van der Waals surface area (Å²) in [6.07, 6.45) is 0. The standard InChI is InChI=1S/C13H20O/c1-10-7-6-8-11(9-10)13(5,14)12(2,3)4/h6-9,14H,1-5H3. The molecule has 0 bridgehead atoms. The van der Waals surface area contributed by atoms with Gasteiger partial charge in [-0.3, -0.25) is 0 Å². The summed E-state index contributed by atoms with van der Waals surface area (Å²) in [4.78, 5) is 0. The van der Waals surface area contributed by atoms with E-state index in [4.69, 9.17) is 0 Å². The van der Waals surface area contributed by atoms with Gasteiger partial charge in [-0.05, 0) is 24.8 Å². The summed E-state index contributed by atoms with van der Waals surface area (Å²) in [6.45, 7) is 10.1. The van der Waals surface area contributed by atoms with Gasteiger partial charge in [0.05, 0.1) is 5.60 Å². The molecule has 0 saturated carbocycles. The third-order valence-corrected chi connectivity index (χ3v) is 3.04. The number of rotatable bonds is 1. The van der Waals surface area contributed by atoms with Crippen molar-refractivity contribution >= 4 is 0 Å². The van der Waals surface area contributed by atoms with Gasteiger partial charge in [-0.25, -0.2) is 0 Å². The van der Waals surface area contributed by atoms with E-state index in [2.05, 4.69) is 20.8 Å². The number of hydrogen-bond acceptors (Lipinski definition) is 1. The minimum atomic E-state index is -0.779. The molecule has 0 radical (unpaired) electrons. The molecule has 1 heteroatoms. The molecule has 0 aliphatic heterocycles. The fourth-order valence-electron chi connectivity index (χ4n) is 1.38. The van der Waals surface area contributed by atoms with E-state index in [-0.39, 0.29) is 5.41 Å². The van der Waals surface area contributed by atoms with E-state index in [1.54, 1.807) is 0 Å². The van der Waals surface area contributed by atoms with Crippen LogP contribution in [-0.4, -0.2) is 5.11 Å². The topological polar surface area (TPSA) is 20.2 Å². The predicted octanol–water partition coefficient (Wildman–Crippen LogP) is 3.25. The lowest BCUT2D eigenvalue weighted by atomic mass is 9.73. The van der Waals surface area contributed by atoms with Crippen molar-refractivity contribution in [2.45, 2.75) is 40.2 Å². The summed E-state index contributed by atoms with van der Waals surface area (Å²) in [5.41, 5.74) is 1.25. The Balaban J connectivity index is 3.16. The highest BCUT2D eigenvalue weighted by atomic mass is 16.3. The molecular formula is C13H20O. The van der Waals surface area contributed by atoms with E-state index >= 15 is 0 Å². The first kappa shape index (κ1) is 11.3. The molecule has 1 atom stereocenters. The zero-order chi connectivity index (χ0) is 11.0. The van der Waals surface area contributed by atoms with Crippen molar-refractivity contribution in [1.82, 2.24) is 0 Å². The summed E-state index contributed by atoms with van der Waals surface area (Å²) < 4.78 is 0. The molecule has 0 fully saturated rings. The van der Waals surface area contributed by atoms with Gasteiger partial charge in [0.25, 0.3) is 0 Å². The normalized spacial score (nSPS) is 16.4. The van der Waals surface area contributed by atoms with Crippen molar-refractivity contribution in [1.29, 1.82) is 0 Å². The number of hydrogen-bond donors (Lipinski definition) is 1. The van der Waals surface area contributed by atoms with Crippen molar-refractivity contribution in [3.05, 3.63) is 35.4 Å². The van der Waals surface area contributed by atoms with E-state index < -0.39 is 5.60 Å². The van der Waals surface area contributed by atoms with Crippen LogP contribution in [0.25, 0.3) is 0 Å². The molecule has 78 valence electrons. The van der Waals surface area contributed by atoms with E-state index in [1.165, 1.54) is 5.56 Å². The van der Waals surface area contributed by atoms with Crippen LogP contribution in [0.1, 0.15) is 38.8 Å². The van der Waals surface area contributed by atoms with Crippen LogP contribution in [0.15, 0.2) is 24.3 Å². The van der Waals surface area contributed by atoms with E-state index in [1.807, 2.05) is 38.1 Å². The fraction of sp³-hybridized carbons (Fsp3) is 0.538. The summed E-state index contributed by atoms with van der Waals surface area (Å²) >= 11 is 0. The Kier molecular flexibility index (Phi) is 2.73. The van der Waals surface area contributed by atoms with Crippen LogP contribution in [0.3, 0.4) is 0 Å². The Labute approximate surface area is 86.8 Å². The zero-order valence-electron chi connectivity index (χ0n) is 9.76. The highest BCUT2D eigenvalue weighted by Gasteiger charge is 2.36. The molecule has 1 N–H and O–H groups in total. The van der Waals surface area contributed by atoms with Crippen molar-refractivity contribution < 1.29 is 5.11 Å². The Hall–Kier alpha value is -0.820. The third-order valence-electron chi connectivity index (χ3n) is 3.04. The number of benzene rings is 1. The van der Waals surface area contributed by atoms with Crippen molar-refractivity contribution in [2.24, 2.45) is 5.41 Å². The molecule has 0 aliphatic rings. The Morgan fingerprint density at radius 3 is 2.07 bits per heavy atom. The minimum Gasteiger partial charge on any atom is -0.385 e. The maximum Gasteiger partial charge on any atom is 0.0916 e. The molecule has 14 heavy (non-hydrogen) atoms. The molecule has 0 amide bonds. The van der Waals surface area contributed by atoms with Crippen LogP contribution < -0.4 is 0 Å². The SMILES string of the molecule is Cc1cccc(C(C)(O)C(C)(C)C)c1. The summed E-state index contributed by atoms with van der Waals surface area (Å²) in [6, 6.07) is 8.07. The first-order chi connectivity index (χ1) is 6.25. The lowest BCUT2D eigenvalue weighted by molar-refractivity contribution is -0.0470. The predicted molar refractivity (Wildman–Crippen MR) is 60.2 cm³/mol. The summed E-state index contributed by atoms with van der Waals surface area (Å²) in [5.74, 6) is 0. The zero-order valence-corrected chi connectivity index (χ0v) is 9.76. The van der Waals surface area contributed by atoms with Crippen molar-refractivity contribution in [3.8, 4) is 0 Å². The second-order valence-corrected chi connectivity index (χ2v) is 5.19. The van der Waals surface area contributed by atoms with E-state index in [0.29, 0.717) is 0 Å². The largest absolute Gasteiger partial charge is 0.385 e. The lowest BCUT2D eigenvalue weighted by Crippen LogP contribution is -2.36. The van der Waals surface area contributed by atoms with Crippen LogP contribution in [0.5, 0.6) is 0 Å². The smallest absolute Gasteiger partial charge is 0.0916 e. The Morgan fingerprint density at radius 2 is 1.64 bits per heavy atom. The van der Waals surface area contributed by atoms with Crippen LogP contribution in [-0.2, 0) is 5.60 Å². The van der Waals surface area contributed by atoms with Gasteiger partial charge < -0.3 is 5.11 Å². The first-order valence-electron chi connectivity index (χ1n) is 5.04. The number of aliphatic hydroxyl groups is 1. The van der Waals surface area contributed by atoms with Gasteiger partial charge in [-0.15, -0.1) is 0 Å². The fourth-order valence-corrected chi connectivity index (χ4v) is 1.38. The quantitative estimate of drug-likeness (QED) is 0.724. The molecule has 1 rings (SSSR count). The molecule has 0 saturated heterocycles. The van der Waals surface area contributed by atoms with Gasteiger partial charge in [0.2, 0.25) is 0 Å². The van der Waals surface area contributed by atoms with Gasteiger partial charge in [0.1, 0.15) is 0 Å². The van der Waals surface area contributed by atoms with Gasteiger partial charge in [-0.2, -0.15) is 0 Å². The molecule has 0 spiro atoms. The van der Waals surface area contributed by atoms with Gasteiger partial charge in [0.15, 0.2) is 0 Å². The van der Waals surface area contributed by atoms with Crippen LogP contribution in [0, 0.1) is 12.3 Å². The maximum atomic E-state index is 10.4. The van der Waals surface area contributed by atoms with Crippen molar-refractivity contribution in [3.63, 3.8) is 0 Å². The van der Waals surface area contributed by atoms with Crippen LogP contribution in [0.2, 0.25) is 0 Å². The monoisotopic (exact) mass is 192 g/mol. The Morgan fingerprint density at radius 1 is 1.07 bits per heavy atom. The molecule has 0 aliphatic carbocycles.